The average Bonchev–Trinajstić information content (AvgIpc) is 2.53. The lowest BCUT2D eigenvalue weighted by atomic mass is 10.3. The SMILES string of the molecule is CC(=O)C1=C(C)N2CCN=C2S1.Cl. The highest BCUT2D eigenvalue weighted by molar-refractivity contribution is 8.18. The monoisotopic (exact) mass is 218 g/mol. The number of rotatable bonds is 1. The molecule has 2 aliphatic heterocycles. The number of hydrogen-bond acceptors (Lipinski definition) is 4. The number of ketones is 1. The van der Waals surface area contributed by atoms with Crippen LogP contribution in [0.1, 0.15) is 13.8 Å². The molecule has 2 rings (SSSR count). The molecule has 72 valence electrons. The van der Waals surface area contributed by atoms with Crippen LogP contribution in [0.15, 0.2) is 15.6 Å². The average molecular weight is 219 g/mol. The standard InChI is InChI=1S/C8H10N2OS.ClH/c1-5-7(6(2)11)12-8-9-3-4-10(5)8;/h3-4H2,1-2H3;1H. The zero-order valence-electron chi connectivity index (χ0n) is 7.53. The van der Waals surface area contributed by atoms with E-state index in [1.165, 1.54) is 11.8 Å². The lowest BCUT2D eigenvalue weighted by molar-refractivity contribution is -0.113. The summed E-state index contributed by atoms with van der Waals surface area (Å²) in [6.45, 7) is 5.39. The maximum atomic E-state index is 11.1. The number of allylic oxidation sites excluding steroid dienone is 2. The van der Waals surface area contributed by atoms with Crippen LogP contribution in [0.3, 0.4) is 0 Å². The first-order chi connectivity index (χ1) is 5.70. The predicted octanol–water partition coefficient (Wildman–Crippen LogP) is 1.65. The molecule has 0 fully saturated rings. The second-order valence-corrected chi connectivity index (χ2v) is 3.87. The van der Waals surface area contributed by atoms with Gasteiger partial charge < -0.3 is 4.90 Å². The van der Waals surface area contributed by atoms with Crippen LogP contribution in [0.4, 0.5) is 0 Å². The van der Waals surface area contributed by atoms with Crippen LogP contribution in [-0.2, 0) is 4.79 Å². The summed E-state index contributed by atoms with van der Waals surface area (Å²) in [6.07, 6.45) is 0. The Bertz CT molecular complexity index is 311. The van der Waals surface area contributed by atoms with Crippen LogP contribution in [0.2, 0.25) is 0 Å². The number of amidine groups is 1. The van der Waals surface area contributed by atoms with Crippen molar-refractivity contribution in [2.75, 3.05) is 13.1 Å². The topological polar surface area (TPSA) is 32.7 Å². The van der Waals surface area contributed by atoms with E-state index < -0.39 is 0 Å². The van der Waals surface area contributed by atoms with Crippen molar-refractivity contribution in [1.29, 1.82) is 0 Å². The van der Waals surface area contributed by atoms with E-state index in [1.54, 1.807) is 6.92 Å². The number of carbonyl (C=O) groups excluding carboxylic acids is 1. The summed E-state index contributed by atoms with van der Waals surface area (Å²) in [7, 11) is 0. The molecule has 0 spiro atoms. The molecule has 0 aromatic heterocycles. The fourth-order valence-electron chi connectivity index (χ4n) is 1.44. The summed E-state index contributed by atoms with van der Waals surface area (Å²) in [5.74, 6) is 0.148. The van der Waals surface area contributed by atoms with Crippen molar-refractivity contribution in [3.05, 3.63) is 10.6 Å². The summed E-state index contributed by atoms with van der Waals surface area (Å²) in [6, 6.07) is 0. The molecule has 2 heterocycles. The molecule has 0 bridgehead atoms. The molecule has 3 nitrogen and oxygen atoms in total. The van der Waals surface area contributed by atoms with Crippen LogP contribution >= 0.6 is 24.2 Å². The summed E-state index contributed by atoms with van der Waals surface area (Å²) < 4.78 is 0. The Labute approximate surface area is 87.7 Å². The molecule has 0 aromatic carbocycles. The van der Waals surface area contributed by atoms with Crippen molar-refractivity contribution in [3.8, 4) is 0 Å². The fraction of sp³-hybridized carbons (Fsp3) is 0.500. The Hall–Kier alpha value is -0.480. The maximum absolute atomic E-state index is 11.1. The Balaban J connectivity index is 0.000000845. The molecule has 0 saturated carbocycles. The third-order valence-electron chi connectivity index (χ3n) is 2.05. The Kier molecular flexibility index (Phi) is 3.03. The summed E-state index contributed by atoms with van der Waals surface area (Å²) in [5, 5.41) is 0.998. The quantitative estimate of drug-likeness (QED) is 0.671. The zero-order chi connectivity index (χ0) is 8.72. The van der Waals surface area contributed by atoms with E-state index in [0.29, 0.717) is 0 Å². The molecule has 0 aromatic rings. The Morgan fingerprint density at radius 3 is 2.85 bits per heavy atom. The van der Waals surface area contributed by atoms with Gasteiger partial charge in [0.1, 0.15) is 0 Å². The highest BCUT2D eigenvalue weighted by Crippen LogP contribution is 2.36. The molecule has 0 unspecified atom stereocenters. The number of nitrogens with zero attached hydrogens (tertiary/aromatic N) is 2. The summed E-state index contributed by atoms with van der Waals surface area (Å²) in [5.41, 5.74) is 1.07. The number of carbonyl (C=O) groups is 1. The van der Waals surface area contributed by atoms with E-state index in [0.717, 1.165) is 28.9 Å². The highest BCUT2D eigenvalue weighted by atomic mass is 35.5. The van der Waals surface area contributed by atoms with Crippen molar-refractivity contribution in [2.45, 2.75) is 13.8 Å². The number of halogens is 1. The van der Waals surface area contributed by atoms with Gasteiger partial charge in [0.25, 0.3) is 0 Å². The van der Waals surface area contributed by atoms with Gasteiger partial charge in [-0.3, -0.25) is 9.79 Å². The molecule has 0 aliphatic carbocycles. The molecule has 13 heavy (non-hydrogen) atoms. The molecular formula is C8H11ClN2OS. The summed E-state index contributed by atoms with van der Waals surface area (Å²) >= 11 is 1.50. The molecule has 0 N–H and O–H groups in total. The van der Waals surface area contributed by atoms with Gasteiger partial charge in [-0.25, -0.2) is 0 Å². The zero-order valence-corrected chi connectivity index (χ0v) is 9.17. The minimum Gasteiger partial charge on any atom is -0.322 e. The van der Waals surface area contributed by atoms with E-state index >= 15 is 0 Å². The minimum atomic E-state index is 0. The lowest BCUT2D eigenvalue weighted by Crippen LogP contribution is -2.19. The van der Waals surface area contributed by atoms with E-state index in [-0.39, 0.29) is 18.2 Å². The minimum absolute atomic E-state index is 0. The van der Waals surface area contributed by atoms with Crippen molar-refractivity contribution in [1.82, 2.24) is 4.90 Å². The van der Waals surface area contributed by atoms with Crippen LogP contribution in [0.25, 0.3) is 0 Å². The van der Waals surface area contributed by atoms with Crippen molar-refractivity contribution in [2.24, 2.45) is 4.99 Å². The van der Waals surface area contributed by atoms with Gasteiger partial charge in [0, 0.05) is 12.2 Å². The van der Waals surface area contributed by atoms with E-state index in [1.807, 2.05) is 6.92 Å². The summed E-state index contributed by atoms with van der Waals surface area (Å²) in [4.78, 5) is 18.4. The lowest BCUT2D eigenvalue weighted by Gasteiger charge is -2.11. The normalized spacial score (nSPS) is 19.8. The van der Waals surface area contributed by atoms with E-state index in [2.05, 4.69) is 9.89 Å². The van der Waals surface area contributed by atoms with Gasteiger partial charge in [-0.05, 0) is 25.6 Å². The molecule has 0 amide bonds. The van der Waals surface area contributed by atoms with Crippen LogP contribution in [0, 0.1) is 0 Å². The molecule has 2 aliphatic rings. The third-order valence-corrected chi connectivity index (χ3v) is 3.37. The fourth-order valence-corrected chi connectivity index (χ4v) is 2.52. The third kappa shape index (κ3) is 1.60. The molecule has 5 heteroatoms. The van der Waals surface area contributed by atoms with Crippen molar-refractivity contribution >= 4 is 35.1 Å². The number of Topliss-reactive ketones (excluding diaryl/α,β-unsaturated/α-hetero) is 1. The van der Waals surface area contributed by atoms with Gasteiger partial charge in [-0.15, -0.1) is 12.4 Å². The Morgan fingerprint density at radius 1 is 1.62 bits per heavy atom. The maximum Gasteiger partial charge on any atom is 0.168 e. The van der Waals surface area contributed by atoms with Gasteiger partial charge in [0.2, 0.25) is 0 Å². The Morgan fingerprint density at radius 2 is 2.31 bits per heavy atom. The van der Waals surface area contributed by atoms with Crippen LogP contribution < -0.4 is 0 Å². The number of fused-ring (bicyclic) bond motifs is 1. The van der Waals surface area contributed by atoms with Gasteiger partial charge in [-0.1, -0.05) is 0 Å². The molecular weight excluding hydrogens is 208 g/mol. The van der Waals surface area contributed by atoms with Crippen LogP contribution in [-0.4, -0.2) is 28.9 Å². The van der Waals surface area contributed by atoms with Gasteiger partial charge in [-0.2, -0.15) is 0 Å². The number of thioether (sulfide) groups is 1. The van der Waals surface area contributed by atoms with Gasteiger partial charge in [0.05, 0.1) is 11.4 Å². The van der Waals surface area contributed by atoms with Crippen molar-refractivity contribution in [3.63, 3.8) is 0 Å². The van der Waals surface area contributed by atoms with Crippen LogP contribution in [0.5, 0.6) is 0 Å². The second kappa shape index (κ2) is 3.72. The van der Waals surface area contributed by atoms with Crippen molar-refractivity contribution < 1.29 is 4.79 Å². The second-order valence-electron chi connectivity index (χ2n) is 2.89. The number of aliphatic imine (C=N–C) groups is 1. The highest BCUT2D eigenvalue weighted by Gasteiger charge is 2.31. The molecule has 0 atom stereocenters. The predicted molar refractivity (Wildman–Crippen MR) is 57.2 cm³/mol. The smallest absolute Gasteiger partial charge is 0.168 e. The van der Waals surface area contributed by atoms with E-state index in [4.69, 9.17) is 0 Å². The van der Waals surface area contributed by atoms with E-state index in [9.17, 15) is 4.79 Å². The first-order valence-corrected chi connectivity index (χ1v) is 4.73. The molecule has 0 radical (unpaired) electrons. The van der Waals surface area contributed by atoms with Gasteiger partial charge in [0.15, 0.2) is 11.0 Å². The first-order valence-electron chi connectivity index (χ1n) is 3.92. The largest absolute Gasteiger partial charge is 0.322 e. The molecule has 0 saturated heterocycles. The van der Waals surface area contributed by atoms with Gasteiger partial charge >= 0.3 is 0 Å². The number of hydrogen-bond donors (Lipinski definition) is 0. The first kappa shape index (κ1) is 10.6.